The predicted molar refractivity (Wildman–Crippen MR) is 124 cm³/mol. The van der Waals surface area contributed by atoms with Crippen LogP contribution in [0.15, 0.2) is 65.5 Å². The molecule has 2 amide bonds. The Balaban J connectivity index is 1.40. The summed E-state index contributed by atoms with van der Waals surface area (Å²) in [6.45, 7) is 3.13. The molecule has 2 aliphatic heterocycles. The van der Waals surface area contributed by atoms with Crippen LogP contribution in [-0.4, -0.2) is 34.4 Å². The number of carbonyl (C=O) groups excluding carboxylic acids is 2. The SMILES string of the molecule is CC(=O)Nc1ccc(-c2ccc3n(c2=O)C[C@@H]2C[C@@H]3CN(C(=O)c3ccc(F)cc3)C2)cc1. The minimum atomic E-state index is -0.365. The maximum absolute atomic E-state index is 13.4. The summed E-state index contributed by atoms with van der Waals surface area (Å²) in [4.78, 5) is 39.4. The number of rotatable bonds is 3. The number of piperidine rings is 1. The van der Waals surface area contributed by atoms with Gasteiger partial charge in [-0.2, -0.15) is 0 Å². The third-order valence-corrected chi connectivity index (χ3v) is 6.50. The van der Waals surface area contributed by atoms with Gasteiger partial charge in [-0.1, -0.05) is 12.1 Å². The highest BCUT2D eigenvalue weighted by atomic mass is 19.1. The van der Waals surface area contributed by atoms with Gasteiger partial charge in [0.25, 0.3) is 11.5 Å². The number of hydrogen-bond donors (Lipinski definition) is 1. The summed E-state index contributed by atoms with van der Waals surface area (Å²) in [7, 11) is 0. The number of anilines is 1. The van der Waals surface area contributed by atoms with Crippen LogP contribution in [0.4, 0.5) is 10.1 Å². The largest absolute Gasteiger partial charge is 0.338 e. The van der Waals surface area contributed by atoms with Crippen molar-refractivity contribution in [2.24, 2.45) is 5.92 Å². The Morgan fingerprint density at radius 3 is 2.36 bits per heavy atom. The van der Waals surface area contributed by atoms with Gasteiger partial charge in [0.1, 0.15) is 5.82 Å². The van der Waals surface area contributed by atoms with Crippen LogP contribution in [0.5, 0.6) is 0 Å². The minimum Gasteiger partial charge on any atom is -0.338 e. The lowest BCUT2D eigenvalue weighted by Crippen LogP contribution is -2.49. The minimum absolute atomic E-state index is 0.0345. The van der Waals surface area contributed by atoms with Crippen molar-refractivity contribution in [2.75, 3.05) is 18.4 Å². The third kappa shape index (κ3) is 4.06. The molecule has 3 aromatic rings. The van der Waals surface area contributed by atoms with Crippen molar-refractivity contribution in [3.8, 4) is 11.1 Å². The van der Waals surface area contributed by atoms with Gasteiger partial charge in [-0.3, -0.25) is 14.4 Å². The summed E-state index contributed by atoms with van der Waals surface area (Å²) in [5.41, 5.74) is 3.50. The van der Waals surface area contributed by atoms with Crippen LogP contribution in [-0.2, 0) is 11.3 Å². The molecule has 5 rings (SSSR count). The first-order valence-corrected chi connectivity index (χ1v) is 11.1. The van der Waals surface area contributed by atoms with Gasteiger partial charge in [0.15, 0.2) is 0 Å². The highest BCUT2D eigenvalue weighted by molar-refractivity contribution is 5.94. The van der Waals surface area contributed by atoms with E-state index in [4.69, 9.17) is 0 Å². The molecular weight excluding hydrogens is 421 g/mol. The average molecular weight is 445 g/mol. The Morgan fingerprint density at radius 1 is 0.939 bits per heavy atom. The van der Waals surface area contributed by atoms with Crippen molar-refractivity contribution in [3.05, 3.63) is 88.1 Å². The van der Waals surface area contributed by atoms with E-state index in [1.165, 1.54) is 31.2 Å². The zero-order valence-corrected chi connectivity index (χ0v) is 18.3. The van der Waals surface area contributed by atoms with Crippen LogP contribution in [0.25, 0.3) is 11.1 Å². The van der Waals surface area contributed by atoms with E-state index >= 15 is 0 Å². The fraction of sp³-hybridized carbons (Fsp3) is 0.269. The number of halogens is 1. The van der Waals surface area contributed by atoms with Gasteiger partial charge in [0.2, 0.25) is 5.91 Å². The van der Waals surface area contributed by atoms with E-state index in [0.29, 0.717) is 36.4 Å². The van der Waals surface area contributed by atoms with E-state index in [9.17, 15) is 18.8 Å². The molecule has 33 heavy (non-hydrogen) atoms. The predicted octanol–water partition coefficient (Wildman–Crippen LogP) is 3.87. The van der Waals surface area contributed by atoms with Crippen molar-refractivity contribution in [2.45, 2.75) is 25.8 Å². The molecule has 2 bridgehead atoms. The first kappa shape index (κ1) is 21.1. The molecule has 1 fully saturated rings. The Morgan fingerprint density at radius 2 is 1.67 bits per heavy atom. The van der Waals surface area contributed by atoms with Crippen LogP contribution in [0, 0.1) is 11.7 Å². The molecule has 0 unspecified atom stereocenters. The van der Waals surface area contributed by atoms with E-state index in [-0.39, 0.29) is 35.0 Å². The van der Waals surface area contributed by atoms with Crippen LogP contribution in [0.1, 0.15) is 35.3 Å². The quantitative estimate of drug-likeness (QED) is 0.665. The fourth-order valence-electron chi connectivity index (χ4n) is 5.04. The Bertz CT molecular complexity index is 1280. The second kappa shape index (κ2) is 8.31. The number of pyridine rings is 1. The fourth-order valence-corrected chi connectivity index (χ4v) is 5.04. The normalized spacial score (nSPS) is 19.0. The molecule has 2 aromatic carbocycles. The topological polar surface area (TPSA) is 71.4 Å². The Hall–Kier alpha value is -3.74. The zero-order valence-electron chi connectivity index (χ0n) is 18.3. The summed E-state index contributed by atoms with van der Waals surface area (Å²) in [5.74, 6) is -0.330. The van der Waals surface area contributed by atoms with Crippen LogP contribution in [0.3, 0.4) is 0 Å². The summed E-state index contributed by atoms with van der Waals surface area (Å²) < 4.78 is 15.1. The first-order valence-electron chi connectivity index (χ1n) is 11.1. The molecule has 7 heteroatoms. The molecule has 0 spiro atoms. The van der Waals surface area contributed by atoms with Gasteiger partial charge in [0, 0.05) is 55.0 Å². The van der Waals surface area contributed by atoms with E-state index in [0.717, 1.165) is 17.7 Å². The highest BCUT2D eigenvalue weighted by Crippen LogP contribution is 2.36. The van der Waals surface area contributed by atoms with Gasteiger partial charge in [-0.05, 0) is 66.4 Å². The first-order chi connectivity index (χ1) is 15.9. The second-order valence-corrected chi connectivity index (χ2v) is 8.86. The summed E-state index contributed by atoms with van der Waals surface area (Å²) in [6, 6.07) is 16.7. The number of amides is 2. The van der Waals surface area contributed by atoms with Crippen molar-refractivity contribution < 1.29 is 14.0 Å². The smallest absolute Gasteiger partial charge is 0.258 e. The van der Waals surface area contributed by atoms with Crippen LogP contribution >= 0.6 is 0 Å². The lowest BCUT2D eigenvalue weighted by Gasteiger charge is -2.43. The molecular formula is C26H24FN3O3. The van der Waals surface area contributed by atoms with Gasteiger partial charge in [-0.15, -0.1) is 0 Å². The average Bonchev–Trinajstić information content (AvgIpc) is 2.80. The van der Waals surface area contributed by atoms with E-state index in [1.807, 2.05) is 33.7 Å². The molecule has 2 aliphatic rings. The standard InChI is InChI=1S/C26H24FN3O3/c1-16(31)28-22-8-4-18(5-9-22)23-10-11-24-20-12-17(14-30(24)26(23)33)13-29(15-20)25(32)19-2-6-21(27)7-3-19/h2-11,17,20H,12-15H2,1H3,(H,28,31)/t17-,20-/m1/s1. The third-order valence-electron chi connectivity index (χ3n) is 6.50. The maximum atomic E-state index is 13.4. The Kier molecular flexibility index (Phi) is 5.32. The van der Waals surface area contributed by atoms with Crippen molar-refractivity contribution in [1.82, 2.24) is 9.47 Å². The van der Waals surface area contributed by atoms with Gasteiger partial charge in [-0.25, -0.2) is 4.39 Å². The maximum Gasteiger partial charge on any atom is 0.258 e. The molecule has 1 saturated heterocycles. The molecule has 0 saturated carbocycles. The molecule has 2 atom stereocenters. The molecule has 0 aliphatic carbocycles. The summed E-state index contributed by atoms with van der Waals surface area (Å²) in [5, 5.41) is 2.73. The lowest BCUT2D eigenvalue weighted by molar-refractivity contribution is -0.114. The number of hydrogen-bond acceptors (Lipinski definition) is 3. The van der Waals surface area contributed by atoms with Crippen molar-refractivity contribution in [3.63, 3.8) is 0 Å². The molecule has 1 N–H and O–H groups in total. The van der Waals surface area contributed by atoms with Crippen LogP contribution < -0.4 is 10.9 Å². The number of nitrogens with one attached hydrogen (secondary N) is 1. The molecule has 3 heterocycles. The number of fused-ring (bicyclic) bond motifs is 4. The number of likely N-dealkylation sites (tertiary alicyclic amines) is 1. The van der Waals surface area contributed by atoms with Gasteiger partial charge < -0.3 is 14.8 Å². The molecule has 6 nitrogen and oxygen atoms in total. The Labute approximate surface area is 190 Å². The van der Waals surface area contributed by atoms with E-state index in [2.05, 4.69) is 5.32 Å². The van der Waals surface area contributed by atoms with Crippen molar-refractivity contribution in [1.29, 1.82) is 0 Å². The zero-order chi connectivity index (χ0) is 23.1. The number of nitrogens with zero attached hydrogens (tertiary/aromatic N) is 2. The highest BCUT2D eigenvalue weighted by Gasteiger charge is 2.37. The summed E-state index contributed by atoms with van der Waals surface area (Å²) in [6.07, 6.45) is 0.942. The lowest BCUT2D eigenvalue weighted by atomic mass is 9.82. The number of benzene rings is 2. The van der Waals surface area contributed by atoms with Crippen molar-refractivity contribution >= 4 is 17.5 Å². The number of carbonyl (C=O) groups is 2. The van der Waals surface area contributed by atoms with Gasteiger partial charge in [0.05, 0.1) is 0 Å². The van der Waals surface area contributed by atoms with Crippen LogP contribution in [0.2, 0.25) is 0 Å². The van der Waals surface area contributed by atoms with E-state index in [1.54, 1.807) is 12.1 Å². The molecule has 0 radical (unpaired) electrons. The van der Waals surface area contributed by atoms with Gasteiger partial charge >= 0.3 is 0 Å². The monoisotopic (exact) mass is 445 g/mol. The van der Waals surface area contributed by atoms with E-state index < -0.39 is 0 Å². The molecule has 1 aromatic heterocycles. The number of aromatic nitrogens is 1. The second-order valence-electron chi connectivity index (χ2n) is 8.86. The molecule has 168 valence electrons. The summed E-state index contributed by atoms with van der Waals surface area (Å²) >= 11 is 0.